The van der Waals surface area contributed by atoms with Crippen molar-refractivity contribution in [2.45, 2.75) is 39.8 Å². The van der Waals surface area contributed by atoms with Gasteiger partial charge in [-0.05, 0) is 56.0 Å². The summed E-state index contributed by atoms with van der Waals surface area (Å²) < 4.78 is 11.1. The average molecular weight is 371 g/mol. The summed E-state index contributed by atoms with van der Waals surface area (Å²) >= 11 is 0. The van der Waals surface area contributed by atoms with Gasteiger partial charge in [0, 0.05) is 25.2 Å². The molecule has 0 aliphatic carbocycles. The molecule has 0 saturated carbocycles. The molecule has 1 aliphatic heterocycles. The van der Waals surface area contributed by atoms with Crippen LogP contribution >= 0.6 is 0 Å². The van der Waals surface area contributed by atoms with E-state index >= 15 is 0 Å². The van der Waals surface area contributed by atoms with Gasteiger partial charge in [0.05, 0.1) is 19.9 Å². The second-order valence-corrected chi connectivity index (χ2v) is 8.20. The van der Waals surface area contributed by atoms with Crippen molar-refractivity contribution in [1.82, 2.24) is 9.80 Å². The van der Waals surface area contributed by atoms with Crippen molar-refractivity contribution in [2.24, 2.45) is 11.8 Å². The zero-order chi connectivity index (χ0) is 19.1. The Hall–Kier alpha value is -1.78. The zero-order valence-electron chi connectivity index (χ0n) is 17.1. The Kier molecular flexibility index (Phi) is 7.36. The fourth-order valence-corrected chi connectivity index (χ4v) is 4.11. The van der Waals surface area contributed by atoms with E-state index in [0.29, 0.717) is 5.92 Å². The Morgan fingerprint density at radius 2 is 1.93 bits per heavy atom. The molecular formula is C23H34N2O2. The first-order chi connectivity index (χ1) is 13.1. The lowest BCUT2D eigenvalue weighted by Gasteiger charge is -2.35. The summed E-state index contributed by atoms with van der Waals surface area (Å²) in [6.45, 7) is 11.1. The Morgan fingerprint density at radius 3 is 2.59 bits per heavy atom. The van der Waals surface area contributed by atoms with Gasteiger partial charge >= 0.3 is 0 Å². The van der Waals surface area contributed by atoms with E-state index in [9.17, 15) is 0 Å². The van der Waals surface area contributed by atoms with Crippen molar-refractivity contribution in [3.8, 4) is 5.75 Å². The SMILES string of the molecule is COc1ccccc1CN1CCC(CN(Cc2ccco2)CC(C)C)CC1. The van der Waals surface area contributed by atoms with E-state index in [1.807, 2.05) is 12.1 Å². The molecular weight excluding hydrogens is 336 g/mol. The third-order valence-corrected chi connectivity index (χ3v) is 5.39. The highest BCUT2D eigenvalue weighted by Crippen LogP contribution is 2.24. The van der Waals surface area contributed by atoms with Gasteiger partial charge in [-0.3, -0.25) is 9.80 Å². The van der Waals surface area contributed by atoms with Crippen molar-refractivity contribution in [3.05, 3.63) is 54.0 Å². The maximum Gasteiger partial charge on any atom is 0.123 e. The molecule has 1 aromatic heterocycles. The number of piperidine rings is 1. The molecule has 1 fully saturated rings. The summed E-state index contributed by atoms with van der Waals surface area (Å²) in [6.07, 6.45) is 4.31. The fraction of sp³-hybridized carbons (Fsp3) is 0.565. The van der Waals surface area contributed by atoms with Gasteiger partial charge in [0.25, 0.3) is 0 Å². The molecule has 0 amide bonds. The number of likely N-dealkylation sites (tertiary alicyclic amines) is 1. The smallest absolute Gasteiger partial charge is 0.123 e. The van der Waals surface area contributed by atoms with Crippen LogP contribution in [0.4, 0.5) is 0 Å². The van der Waals surface area contributed by atoms with E-state index in [1.165, 1.54) is 38.0 Å². The summed E-state index contributed by atoms with van der Waals surface area (Å²) in [5.41, 5.74) is 1.29. The highest BCUT2D eigenvalue weighted by atomic mass is 16.5. The summed E-state index contributed by atoms with van der Waals surface area (Å²) in [7, 11) is 1.76. The predicted octanol–water partition coefficient (Wildman–Crippen LogP) is 4.66. The molecule has 27 heavy (non-hydrogen) atoms. The standard InChI is InChI=1S/C23H34N2O2/c1-19(2)15-25(18-22-8-6-14-27-22)16-20-10-12-24(13-11-20)17-21-7-4-5-9-23(21)26-3/h4-9,14,19-20H,10-13,15-18H2,1-3H3. The van der Waals surface area contributed by atoms with Gasteiger partial charge in [-0.1, -0.05) is 32.0 Å². The summed E-state index contributed by atoms with van der Waals surface area (Å²) in [5, 5.41) is 0. The van der Waals surface area contributed by atoms with Crippen LogP contribution in [0.5, 0.6) is 5.75 Å². The van der Waals surface area contributed by atoms with Crippen LogP contribution in [-0.2, 0) is 13.1 Å². The number of hydrogen-bond acceptors (Lipinski definition) is 4. The van der Waals surface area contributed by atoms with Crippen LogP contribution in [0.3, 0.4) is 0 Å². The molecule has 0 radical (unpaired) electrons. The first-order valence-corrected chi connectivity index (χ1v) is 10.2. The zero-order valence-corrected chi connectivity index (χ0v) is 17.1. The summed E-state index contributed by atoms with van der Waals surface area (Å²) in [4.78, 5) is 5.14. The number of nitrogens with zero attached hydrogens (tertiary/aromatic N) is 2. The van der Waals surface area contributed by atoms with E-state index in [0.717, 1.165) is 37.1 Å². The second kappa shape index (κ2) is 9.95. The Bertz CT molecular complexity index is 661. The van der Waals surface area contributed by atoms with Crippen LogP contribution in [0.15, 0.2) is 47.1 Å². The molecule has 4 nitrogen and oxygen atoms in total. The van der Waals surface area contributed by atoms with E-state index in [2.05, 4.69) is 47.9 Å². The van der Waals surface area contributed by atoms with E-state index in [1.54, 1.807) is 13.4 Å². The van der Waals surface area contributed by atoms with Gasteiger partial charge in [-0.25, -0.2) is 0 Å². The molecule has 0 bridgehead atoms. The number of rotatable bonds is 9. The van der Waals surface area contributed by atoms with Crippen molar-refractivity contribution in [2.75, 3.05) is 33.3 Å². The lowest BCUT2D eigenvalue weighted by Crippen LogP contribution is -2.39. The molecule has 0 spiro atoms. The van der Waals surface area contributed by atoms with Gasteiger partial charge in [0.1, 0.15) is 11.5 Å². The largest absolute Gasteiger partial charge is 0.496 e. The van der Waals surface area contributed by atoms with E-state index in [-0.39, 0.29) is 0 Å². The summed E-state index contributed by atoms with van der Waals surface area (Å²) in [5.74, 6) is 3.52. The highest BCUT2D eigenvalue weighted by molar-refractivity contribution is 5.33. The normalized spacial score (nSPS) is 16.3. The molecule has 0 unspecified atom stereocenters. The fourth-order valence-electron chi connectivity index (χ4n) is 4.11. The first-order valence-electron chi connectivity index (χ1n) is 10.2. The number of hydrogen-bond donors (Lipinski definition) is 0. The van der Waals surface area contributed by atoms with Gasteiger partial charge in [-0.2, -0.15) is 0 Å². The molecule has 1 saturated heterocycles. The maximum absolute atomic E-state index is 5.58. The van der Waals surface area contributed by atoms with Crippen LogP contribution in [0.1, 0.15) is 38.0 Å². The maximum atomic E-state index is 5.58. The quantitative estimate of drug-likeness (QED) is 0.642. The van der Waals surface area contributed by atoms with E-state index in [4.69, 9.17) is 9.15 Å². The molecule has 4 heteroatoms. The van der Waals surface area contributed by atoms with Crippen molar-refractivity contribution >= 4 is 0 Å². The molecule has 0 N–H and O–H groups in total. The van der Waals surface area contributed by atoms with Crippen molar-refractivity contribution < 1.29 is 9.15 Å². The number of ether oxygens (including phenoxy) is 1. The third kappa shape index (κ3) is 6.12. The minimum atomic E-state index is 0.672. The Balaban J connectivity index is 1.49. The Morgan fingerprint density at radius 1 is 1.15 bits per heavy atom. The van der Waals surface area contributed by atoms with Crippen LogP contribution in [0.2, 0.25) is 0 Å². The van der Waals surface area contributed by atoms with Crippen LogP contribution in [0.25, 0.3) is 0 Å². The van der Waals surface area contributed by atoms with Crippen LogP contribution in [0, 0.1) is 11.8 Å². The molecule has 148 valence electrons. The van der Waals surface area contributed by atoms with Gasteiger partial charge in [0.15, 0.2) is 0 Å². The lowest BCUT2D eigenvalue weighted by atomic mass is 9.95. The molecule has 0 atom stereocenters. The van der Waals surface area contributed by atoms with Crippen LogP contribution in [-0.4, -0.2) is 43.1 Å². The van der Waals surface area contributed by atoms with Gasteiger partial charge < -0.3 is 9.15 Å². The van der Waals surface area contributed by atoms with Crippen molar-refractivity contribution in [3.63, 3.8) is 0 Å². The second-order valence-electron chi connectivity index (χ2n) is 8.20. The Labute approximate surface area is 164 Å². The topological polar surface area (TPSA) is 28.9 Å². The molecule has 2 heterocycles. The van der Waals surface area contributed by atoms with Crippen LogP contribution < -0.4 is 4.74 Å². The molecule has 3 rings (SSSR count). The number of benzene rings is 1. The molecule has 1 aromatic carbocycles. The average Bonchev–Trinajstić information content (AvgIpc) is 3.16. The monoisotopic (exact) mass is 370 g/mol. The van der Waals surface area contributed by atoms with Crippen molar-refractivity contribution in [1.29, 1.82) is 0 Å². The highest BCUT2D eigenvalue weighted by Gasteiger charge is 2.23. The van der Waals surface area contributed by atoms with E-state index < -0.39 is 0 Å². The predicted molar refractivity (Wildman–Crippen MR) is 110 cm³/mol. The third-order valence-electron chi connectivity index (χ3n) is 5.39. The minimum absolute atomic E-state index is 0.672. The minimum Gasteiger partial charge on any atom is -0.496 e. The molecule has 1 aliphatic rings. The van der Waals surface area contributed by atoms with Gasteiger partial charge in [0.2, 0.25) is 0 Å². The van der Waals surface area contributed by atoms with Gasteiger partial charge in [-0.15, -0.1) is 0 Å². The first kappa shape index (κ1) is 20.0. The number of methoxy groups -OCH3 is 1. The number of furan rings is 1. The summed E-state index contributed by atoms with van der Waals surface area (Å²) in [6, 6.07) is 12.4. The lowest BCUT2D eigenvalue weighted by molar-refractivity contribution is 0.124. The molecule has 2 aromatic rings. The number of para-hydroxylation sites is 1.